The average molecular weight is 322 g/mol. The van der Waals surface area contributed by atoms with E-state index in [0.717, 1.165) is 5.56 Å². The second-order valence-corrected chi connectivity index (χ2v) is 5.66. The summed E-state index contributed by atoms with van der Waals surface area (Å²) in [6, 6.07) is 10.8. The zero-order valence-corrected chi connectivity index (χ0v) is 13.5. The first-order valence-corrected chi connectivity index (χ1v) is 7.33. The van der Waals surface area contributed by atoms with Crippen molar-refractivity contribution in [1.82, 2.24) is 5.32 Å². The van der Waals surface area contributed by atoms with Gasteiger partial charge >= 0.3 is 0 Å². The van der Waals surface area contributed by atoms with Gasteiger partial charge in [0.1, 0.15) is 0 Å². The maximum atomic E-state index is 13.4. The van der Waals surface area contributed by atoms with E-state index in [9.17, 15) is 9.50 Å². The molecule has 0 aliphatic heterocycles. The summed E-state index contributed by atoms with van der Waals surface area (Å²) < 4.78 is 13.4. The van der Waals surface area contributed by atoms with E-state index >= 15 is 0 Å². The van der Waals surface area contributed by atoms with Gasteiger partial charge in [-0.15, -0.1) is 9.24 Å². The summed E-state index contributed by atoms with van der Waals surface area (Å²) in [5, 5.41) is 16.1. The Hall–Kier alpha value is -1.71. The van der Waals surface area contributed by atoms with Crippen LogP contribution < -0.4 is 15.9 Å². The third kappa shape index (κ3) is 4.13. The number of phenolic OH excluding ortho intramolecular Hbond substituents is 1. The maximum Gasteiger partial charge on any atom is 0.171 e. The maximum absolute atomic E-state index is 13.4. The van der Waals surface area contributed by atoms with Crippen molar-refractivity contribution in [2.24, 2.45) is 0 Å². The van der Waals surface area contributed by atoms with Gasteiger partial charge in [-0.05, 0) is 36.3 Å². The summed E-state index contributed by atoms with van der Waals surface area (Å²) in [5.74, 6) is -1.06. The van der Waals surface area contributed by atoms with Gasteiger partial charge in [-0.1, -0.05) is 24.3 Å². The molecule has 110 valence electrons. The Bertz CT molecular complexity index is 655. The molecule has 0 aliphatic carbocycles. The van der Waals surface area contributed by atoms with Gasteiger partial charge in [-0.2, -0.15) is 0 Å². The fourth-order valence-electron chi connectivity index (χ4n) is 1.85. The van der Waals surface area contributed by atoms with Gasteiger partial charge in [0.2, 0.25) is 0 Å². The fraction of sp³-hybridized carbons (Fsp3) is 0.133. The quantitative estimate of drug-likeness (QED) is 0.462. The van der Waals surface area contributed by atoms with E-state index in [0.29, 0.717) is 22.6 Å². The second-order valence-electron chi connectivity index (χ2n) is 4.63. The summed E-state index contributed by atoms with van der Waals surface area (Å²) in [6.07, 6.45) is 0. The zero-order valence-electron chi connectivity index (χ0n) is 11.5. The molecule has 1 unspecified atom stereocenters. The van der Waals surface area contributed by atoms with Crippen LogP contribution in [0.1, 0.15) is 11.1 Å². The van der Waals surface area contributed by atoms with Crippen LogP contribution in [0.5, 0.6) is 5.75 Å². The third-order valence-corrected chi connectivity index (χ3v) is 3.74. The van der Waals surface area contributed by atoms with E-state index in [2.05, 4.69) is 19.9 Å². The molecule has 0 amide bonds. The van der Waals surface area contributed by atoms with Crippen LogP contribution in [-0.4, -0.2) is 10.2 Å². The van der Waals surface area contributed by atoms with E-state index < -0.39 is 5.82 Å². The molecule has 2 aromatic carbocycles. The Morgan fingerprint density at radius 1 is 1.33 bits per heavy atom. The summed E-state index contributed by atoms with van der Waals surface area (Å²) in [5.41, 5.74) is 2.80. The fourth-order valence-corrected chi connectivity index (χ4v) is 2.36. The highest BCUT2D eigenvalue weighted by molar-refractivity contribution is 7.80. The van der Waals surface area contributed by atoms with E-state index in [-0.39, 0.29) is 5.75 Å². The Morgan fingerprint density at radius 2 is 2.05 bits per heavy atom. The second kappa shape index (κ2) is 6.83. The molecule has 0 aliphatic rings. The number of thiocarbonyl (C=S) groups is 1. The van der Waals surface area contributed by atoms with Crippen LogP contribution in [0.4, 0.5) is 10.1 Å². The first-order chi connectivity index (χ1) is 9.97. The Labute approximate surface area is 130 Å². The lowest BCUT2D eigenvalue weighted by Crippen LogP contribution is -2.28. The van der Waals surface area contributed by atoms with Crippen LogP contribution in [0.15, 0.2) is 36.4 Å². The van der Waals surface area contributed by atoms with Crippen LogP contribution in [-0.2, 0) is 6.54 Å². The van der Waals surface area contributed by atoms with Crippen molar-refractivity contribution in [2.75, 3.05) is 5.32 Å². The molecular formula is C15H16FN2OPS. The van der Waals surface area contributed by atoms with Crippen LogP contribution in [0.2, 0.25) is 0 Å². The van der Waals surface area contributed by atoms with E-state index in [1.165, 1.54) is 11.6 Å². The molecule has 21 heavy (non-hydrogen) atoms. The number of rotatable bonds is 3. The molecule has 0 aromatic heterocycles. The zero-order chi connectivity index (χ0) is 15.4. The molecule has 2 aromatic rings. The van der Waals surface area contributed by atoms with Crippen LogP contribution in [0, 0.1) is 12.7 Å². The SMILES string of the molecule is Cc1ccccc1CNC(=S)Nc1cc(F)c(O)c(P)c1. The first kappa shape index (κ1) is 15.7. The number of aromatic hydroxyl groups is 1. The highest BCUT2D eigenvalue weighted by Crippen LogP contribution is 2.19. The normalized spacial score (nSPS) is 10.2. The first-order valence-electron chi connectivity index (χ1n) is 6.34. The molecule has 0 heterocycles. The average Bonchev–Trinajstić information content (AvgIpc) is 2.44. The molecule has 0 saturated heterocycles. The molecule has 0 radical (unpaired) electrons. The summed E-state index contributed by atoms with van der Waals surface area (Å²) >= 11 is 5.18. The van der Waals surface area contributed by atoms with Gasteiger partial charge < -0.3 is 15.7 Å². The minimum Gasteiger partial charge on any atom is -0.504 e. The number of anilines is 1. The van der Waals surface area contributed by atoms with Crippen molar-refractivity contribution < 1.29 is 9.50 Å². The molecule has 0 saturated carbocycles. The standard InChI is InChI=1S/C15H16FN2OPS/c1-9-4-2-3-5-10(9)8-17-15(21)18-11-6-12(16)14(19)13(20)7-11/h2-7,19H,8,20H2,1H3,(H2,17,18,21). The molecule has 1 atom stereocenters. The smallest absolute Gasteiger partial charge is 0.171 e. The lowest BCUT2D eigenvalue weighted by atomic mass is 10.1. The van der Waals surface area contributed by atoms with Crippen LogP contribution in [0.25, 0.3) is 0 Å². The lowest BCUT2D eigenvalue weighted by Gasteiger charge is -2.13. The van der Waals surface area contributed by atoms with Crippen molar-refractivity contribution in [2.45, 2.75) is 13.5 Å². The van der Waals surface area contributed by atoms with E-state index in [1.54, 1.807) is 6.07 Å². The summed E-state index contributed by atoms with van der Waals surface area (Å²) in [6.45, 7) is 2.62. The number of benzene rings is 2. The summed E-state index contributed by atoms with van der Waals surface area (Å²) in [4.78, 5) is 0. The Kier molecular flexibility index (Phi) is 5.10. The third-order valence-electron chi connectivity index (χ3n) is 3.05. The van der Waals surface area contributed by atoms with Gasteiger partial charge in [-0.25, -0.2) is 4.39 Å². The van der Waals surface area contributed by atoms with Crippen molar-refractivity contribution in [3.05, 3.63) is 53.3 Å². The molecule has 2 rings (SSSR count). The molecule has 6 heteroatoms. The highest BCUT2D eigenvalue weighted by Gasteiger charge is 2.07. The topological polar surface area (TPSA) is 44.3 Å². The number of aryl methyl sites for hydroxylation is 1. The van der Waals surface area contributed by atoms with Crippen molar-refractivity contribution in [3.8, 4) is 5.75 Å². The number of halogens is 1. The van der Waals surface area contributed by atoms with Crippen molar-refractivity contribution in [3.63, 3.8) is 0 Å². The number of hydrogen-bond acceptors (Lipinski definition) is 2. The molecule has 0 bridgehead atoms. The lowest BCUT2D eigenvalue weighted by molar-refractivity contribution is 0.437. The molecular weight excluding hydrogens is 306 g/mol. The number of phenols is 1. The van der Waals surface area contributed by atoms with Crippen molar-refractivity contribution in [1.29, 1.82) is 0 Å². The molecule has 0 fully saturated rings. The van der Waals surface area contributed by atoms with Crippen LogP contribution in [0.3, 0.4) is 0 Å². The van der Waals surface area contributed by atoms with Crippen LogP contribution >= 0.6 is 21.5 Å². The Balaban J connectivity index is 1.98. The highest BCUT2D eigenvalue weighted by atomic mass is 32.1. The van der Waals surface area contributed by atoms with E-state index in [4.69, 9.17) is 12.2 Å². The number of nitrogens with one attached hydrogen (secondary N) is 2. The van der Waals surface area contributed by atoms with Gasteiger partial charge in [-0.3, -0.25) is 0 Å². The van der Waals surface area contributed by atoms with E-state index in [1.807, 2.05) is 31.2 Å². The number of hydrogen-bond donors (Lipinski definition) is 3. The molecule has 3 N–H and O–H groups in total. The molecule has 3 nitrogen and oxygen atoms in total. The van der Waals surface area contributed by atoms with Crippen molar-refractivity contribution >= 4 is 37.6 Å². The molecule has 0 spiro atoms. The van der Waals surface area contributed by atoms with Gasteiger partial charge in [0, 0.05) is 23.6 Å². The predicted octanol–water partition coefficient (Wildman–Crippen LogP) is 2.83. The minimum atomic E-state index is -0.688. The van der Waals surface area contributed by atoms with Gasteiger partial charge in [0.25, 0.3) is 0 Å². The monoisotopic (exact) mass is 322 g/mol. The largest absolute Gasteiger partial charge is 0.504 e. The predicted molar refractivity (Wildman–Crippen MR) is 91.6 cm³/mol. The van der Waals surface area contributed by atoms with Gasteiger partial charge in [0.15, 0.2) is 16.7 Å². The minimum absolute atomic E-state index is 0.371. The summed E-state index contributed by atoms with van der Waals surface area (Å²) in [7, 11) is 2.28. The van der Waals surface area contributed by atoms with Gasteiger partial charge in [0.05, 0.1) is 0 Å². The Morgan fingerprint density at radius 3 is 2.71 bits per heavy atom.